The van der Waals surface area contributed by atoms with Gasteiger partial charge in [0.2, 0.25) is 0 Å². The molecule has 0 atom stereocenters. The maximum atomic E-state index is 11.8. The van der Waals surface area contributed by atoms with Gasteiger partial charge in [0.1, 0.15) is 5.75 Å². The van der Waals surface area contributed by atoms with E-state index < -0.39 is 16.5 Å². The van der Waals surface area contributed by atoms with Gasteiger partial charge in [-0.05, 0) is 12.1 Å². The molecule has 0 bridgehead atoms. The van der Waals surface area contributed by atoms with E-state index in [1.165, 1.54) is 36.7 Å². The van der Waals surface area contributed by atoms with Crippen LogP contribution < -0.4 is 5.32 Å². The average molecular weight is 260 g/mol. The number of carbonyl (C=O) groups excluding carboxylic acids is 1. The number of anilines is 1. The monoisotopic (exact) mass is 260 g/mol. The number of hydrogen-bond acceptors (Lipinski definition) is 6. The zero-order valence-corrected chi connectivity index (χ0v) is 9.48. The van der Waals surface area contributed by atoms with Crippen LogP contribution in [0.3, 0.4) is 0 Å². The SMILES string of the molecule is O=C(Nc1c(O)cccc1[N+](=O)[O-])c1ccnnc1. The Morgan fingerprint density at radius 1 is 1.32 bits per heavy atom. The van der Waals surface area contributed by atoms with Gasteiger partial charge in [-0.25, -0.2) is 0 Å². The molecule has 1 aromatic carbocycles. The summed E-state index contributed by atoms with van der Waals surface area (Å²) in [5.74, 6) is -1.01. The van der Waals surface area contributed by atoms with Crippen LogP contribution in [-0.2, 0) is 0 Å². The molecule has 2 rings (SSSR count). The Morgan fingerprint density at radius 3 is 2.74 bits per heavy atom. The number of benzene rings is 1. The van der Waals surface area contributed by atoms with E-state index in [0.717, 1.165) is 0 Å². The third kappa shape index (κ3) is 2.63. The van der Waals surface area contributed by atoms with E-state index >= 15 is 0 Å². The van der Waals surface area contributed by atoms with Crippen molar-refractivity contribution in [1.82, 2.24) is 10.2 Å². The van der Waals surface area contributed by atoms with Gasteiger partial charge in [-0.15, -0.1) is 0 Å². The molecule has 0 unspecified atom stereocenters. The molecule has 0 saturated heterocycles. The second-order valence-corrected chi connectivity index (χ2v) is 3.51. The molecule has 0 fully saturated rings. The fourth-order valence-electron chi connectivity index (χ4n) is 1.42. The second-order valence-electron chi connectivity index (χ2n) is 3.51. The van der Waals surface area contributed by atoms with Gasteiger partial charge in [0.15, 0.2) is 5.69 Å². The minimum atomic E-state index is -0.694. The molecule has 0 spiro atoms. The first-order chi connectivity index (χ1) is 9.09. The summed E-state index contributed by atoms with van der Waals surface area (Å²) < 4.78 is 0. The summed E-state index contributed by atoms with van der Waals surface area (Å²) in [6.07, 6.45) is 2.52. The fourth-order valence-corrected chi connectivity index (χ4v) is 1.42. The first kappa shape index (κ1) is 12.4. The molecule has 1 aromatic heterocycles. The zero-order valence-electron chi connectivity index (χ0n) is 9.48. The van der Waals surface area contributed by atoms with Gasteiger partial charge in [0, 0.05) is 6.07 Å². The van der Waals surface area contributed by atoms with Crippen LogP contribution in [0.2, 0.25) is 0 Å². The zero-order chi connectivity index (χ0) is 13.8. The summed E-state index contributed by atoms with van der Waals surface area (Å²) in [6.45, 7) is 0. The van der Waals surface area contributed by atoms with E-state index in [9.17, 15) is 20.0 Å². The Morgan fingerprint density at radius 2 is 2.11 bits per heavy atom. The standard InChI is InChI=1S/C11H8N4O4/c16-9-3-1-2-8(15(18)19)10(9)14-11(17)7-4-5-12-13-6-7/h1-6,16H,(H,14,17). The highest BCUT2D eigenvalue weighted by atomic mass is 16.6. The number of hydrogen-bond donors (Lipinski definition) is 2. The summed E-state index contributed by atoms with van der Waals surface area (Å²) in [7, 11) is 0. The molecule has 2 N–H and O–H groups in total. The Balaban J connectivity index is 2.34. The molecule has 0 aliphatic rings. The Labute approximate surface area is 106 Å². The number of carbonyl (C=O) groups is 1. The normalized spacial score (nSPS) is 9.89. The van der Waals surface area contributed by atoms with Crippen molar-refractivity contribution in [3.63, 3.8) is 0 Å². The van der Waals surface area contributed by atoms with Crippen LogP contribution in [0.4, 0.5) is 11.4 Å². The molecular formula is C11H8N4O4. The van der Waals surface area contributed by atoms with Crippen molar-refractivity contribution in [3.05, 3.63) is 52.3 Å². The van der Waals surface area contributed by atoms with Crippen LogP contribution in [0, 0.1) is 10.1 Å². The number of amides is 1. The van der Waals surface area contributed by atoms with Gasteiger partial charge in [-0.2, -0.15) is 10.2 Å². The minimum absolute atomic E-state index is 0.174. The van der Waals surface area contributed by atoms with Gasteiger partial charge >= 0.3 is 0 Å². The summed E-state index contributed by atoms with van der Waals surface area (Å²) in [5, 5.41) is 29.7. The summed E-state index contributed by atoms with van der Waals surface area (Å²) >= 11 is 0. The van der Waals surface area contributed by atoms with Crippen molar-refractivity contribution in [2.24, 2.45) is 0 Å². The van der Waals surface area contributed by atoms with Crippen LogP contribution in [0.25, 0.3) is 0 Å². The quantitative estimate of drug-likeness (QED) is 0.488. The van der Waals surface area contributed by atoms with E-state index in [0.29, 0.717) is 0 Å². The molecule has 8 nitrogen and oxygen atoms in total. The first-order valence-corrected chi connectivity index (χ1v) is 5.14. The molecule has 0 radical (unpaired) electrons. The van der Waals surface area contributed by atoms with Crippen molar-refractivity contribution < 1.29 is 14.8 Å². The van der Waals surface area contributed by atoms with Crippen LogP contribution in [0.1, 0.15) is 10.4 Å². The van der Waals surface area contributed by atoms with Crippen LogP contribution >= 0.6 is 0 Å². The number of aromatic nitrogens is 2. The Hall–Kier alpha value is -3.03. The van der Waals surface area contributed by atoms with Crippen molar-refractivity contribution in [1.29, 1.82) is 0 Å². The molecule has 2 aromatic rings. The third-order valence-electron chi connectivity index (χ3n) is 2.30. The topological polar surface area (TPSA) is 118 Å². The lowest BCUT2D eigenvalue weighted by molar-refractivity contribution is -0.384. The molecule has 1 amide bonds. The van der Waals surface area contributed by atoms with E-state index in [1.54, 1.807) is 0 Å². The highest BCUT2D eigenvalue weighted by Gasteiger charge is 2.20. The minimum Gasteiger partial charge on any atom is -0.505 e. The number of para-hydroxylation sites is 1. The lowest BCUT2D eigenvalue weighted by Gasteiger charge is -2.07. The molecule has 0 aliphatic heterocycles. The number of phenolic OH excluding ortho intramolecular Hbond substituents is 1. The summed E-state index contributed by atoms with van der Waals surface area (Å²) in [6, 6.07) is 5.14. The van der Waals surface area contributed by atoms with Gasteiger partial charge in [0.25, 0.3) is 11.6 Å². The highest BCUT2D eigenvalue weighted by Crippen LogP contribution is 2.33. The Kier molecular flexibility index (Phi) is 3.33. The van der Waals surface area contributed by atoms with E-state index in [2.05, 4.69) is 15.5 Å². The van der Waals surface area contributed by atoms with Crippen LogP contribution in [0.5, 0.6) is 5.75 Å². The predicted molar refractivity (Wildman–Crippen MR) is 64.7 cm³/mol. The van der Waals surface area contributed by atoms with E-state index in [-0.39, 0.29) is 17.0 Å². The number of nitrogens with one attached hydrogen (secondary N) is 1. The van der Waals surface area contributed by atoms with Crippen molar-refractivity contribution >= 4 is 17.3 Å². The number of aromatic hydroxyl groups is 1. The smallest absolute Gasteiger partial charge is 0.296 e. The van der Waals surface area contributed by atoms with E-state index in [4.69, 9.17) is 0 Å². The number of rotatable bonds is 3. The number of nitro benzene ring substituents is 1. The molecule has 19 heavy (non-hydrogen) atoms. The lowest BCUT2D eigenvalue weighted by atomic mass is 10.2. The number of phenols is 1. The van der Waals surface area contributed by atoms with Crippen LogP contribution in [0.15, 0.2) is 36.7 Å². The molecule has 8 heteroatoms. The van der Waals surface area contributed by atoms with Gasteiger partial charge in [0.05, 0.1) is 22.9 Å². The largest absolute Gasteiger partial charge is 0.505 e. The molecule has 0 aliphatic carbocycles. The average Bonchev–Trinajstić information content (AvgIpc) is 2.41. The maximum Gasteiger partial charge on any atom is 0.296 e. The van der Waals surface area contributed by atoms with Gasteiger partial charge in [-0.1, -0.05) is 6.07 Å². The van der Waals surface area contributed by atoms with E-state index in [1.807, 2.05) is 0 Å². The number of nitro groups is 1. The molecular weight excluding hydrogens is 252 g/mol. The fraction of sp³-hybridized carbons (Fsp3) is 0. The maximum absolute atomic E-state index is 11.8. The molecule has 0 saturated carbocycles. The highest BCUT2D eigenvalue weighted by molar-refractivity contribution is 6.06. The summed E-state index contributed by atoms with van der Waals surface area (Å²) in [4.78, 5) is 21.9. The second kappa shape index (κ2) is 5.08. The van der Waals surface area contributed by atoms with Gasteiger partial charge in [-0.3, -0.25) is 14.9 Å². The third-order valence-corrected chi connectivity index (χ3v) is 2.30. The van der Waals surface area contributed by atoms with Crippen LogP contribution in [-0.4, -0.2) is 26.1 Å². The summed E-state index contributed by atoms with van der Waals surface area (Å²) in [5.41, 5.74) is -0.475. The van der Waals surface area contributed by atoms with Crippen molar-refractivity contribution in [2.45, 2.75) is 0 Å². The Bertz CT molecular complexity index is 630. The van der Waals surface area contributed by atoms with Crippen molar-refractivity contribution in [2.75, 3.05) is 5.32 Å². The molecule has 96 valence electrons. The molecule has 1 heterocycles. The lowest BCUT2D eigenvalue weighted by Crippen LogP contribution is -2.13. The van der Waals surface area contributed by atoms with Crippen molar-refractivity contribution in [3.8, 4) is 5.75 Å². The number of nitrogens with zero attached hydrogens (tertiary/aromatic N) is 3. The van der Waals surface area contributed by atoms with Gasteiger partial charge < -0.3 is 10.4 Å². The first-order valence-electron chi connectivity index (χ1n) is 5.14. The predicted octanol–water partition coefficient (Wildman–Crippen LogP) is 1.34.